The van der Waals surface area contributed by atoms with Crippen molar-refractivity contribution >= 4 is 0 Å². The summed E-state index contributed by atoms with van der Waals surface area (Å²) in [6.45, 7) is 1.88. The van der Waals surface area contributed by atoms with Crippen LogP contribution in [0.1, 0.15) is 11.4 Å². The lowest BCUT2D eigenvalue weighted by atomic mass is 10.2. The number of rotatable bonds is 1. The lowest BCUT2D eigenvalue weighted by Crippen LogP contribution is -2.10. The van der Waals surface area contributed by atoms with Crippen molar-refractivity contribution in [3.8, 4) is 11.3 Å². The predicted octanol–water partition coefficient (Wildman–Crippen LogP) is 2.87. The van der Waals surface area contributed by atoms with Crippen molar-refractivity contribution in [1.82, 2.24) is 15.0 Å². The van der Waals surface area contributed by atoms with E-state index in [1.54, 1.807) is 12.3 Å². The normalized spacial score (nSPS) is 11.5. The minimum Gasteiger partial charge on any atom is -0.256 e. The molecule has 0 saturated carbocycles. The first-order valence-electron chi connectivity index (χ1n) is 4.79. The lowest BCUT2D eigenvalue weighted by Gasteiger charge is -2.05. The Kier molecular flexibility index (Phi) is 2.79. The van der Waals surface area contributed by atoms with Gasteiger partial charge < -0.3 is 0 Å². The number of nitrogens with zero attached hydrogens (tertiary/aromatic N) is 3. The van der Waals surface area contributed by atoms with Gasteiger partial charge in [0, 0.05) is 24.2 Å². The number of hydrogen-bond donors (Lipinski definition) is 0. The molecule has 3 nitrogen and oxygen atoms in total. The number of pyridine rings is 1. The van der Waals surface area contributed by atoms with Crippen molar-refractivity contribution in [1.29, 1.82) is 0 Å². The molecule has 0 bridgehead atoms. The predicted molar refractivity (Wildman–Crippen MR) is 55.0 cm³/mol. The Balaban J connectivity index is 2.33. The minimum absolute atomic E-state index is 0.456. The summed E-state index contributed by atoms with van der Waals surface area (Å²) in [6, 6.07) is 3.53. The highest BCUT2D eigenvalue weighted by molar-refractivity contribution is 5.56. The number of hydrogen-bond acceptors (Lipinski definition) is 3. The first-order valence-corrected chi connectivity index (χ1v) is 4.79. The molecule has 0 radical (unpaired) electrons. The monoisotopic (exact) mass is 239 g/mol. The fourth-order valence-electron chi connectivity index (χ4n) is 1.25. The van der Waals surface area contributed by atoms with Gasteiger partial charge >= 0.3 is 6.18 Å². The molecule has 17 heavy (non-hydrogen) atoms. The van der Waals surface area contributed by atoms with Crippen LogP contribution in [0.5, 0.6) is 0 Å². The van der Waals surface area contributed by atoms with E-state index in [-0.39, 0.29) is 0 Å². The maximum absolute atomic E-state index is 12.2. The summed E-state index contributed by atoms with van der Waals surface area (Å²) >= 11 is 0. The van der Waals surface area contributed by atoms with E-state index in [1.807, 2.05) is 13.0 Å². The summed E-state index contributed by atoms with van der Waals surface area (Å²) in [5.74, 6) is -1.15. The molecule has 0 unspecified atom stereocenters. The Morgan fingerprint density at radius 3 is 2.06 bits per heavy atom. The molecule has 0 aliphatic rings. The smallest absolute Gasteiger partial charge is 0.256 e. The standard InChI is InChI=1S/C11H8F3N3/c1-7-2-3-9(15-4-7)8-5-16-10(17-6-8)11(12,13)14/h2-6H,1H3. The maximum Gasteiger partial charge on any atom is 0.451 e. The molecular weight excluding hydrogens is 231 g/mol. The van der Waals surface area contributed by atoms with Crippen molar-refractivity contribution in [3.05, 3.63) is 42.1 Å². The molecule has 0 aromatic carbocycles. The Bertz CT molecular complexity index is 503. The largest absolute Gasteiger partial charge is 0.451 e. The van der Waals surface area contributed by atoms with Crippen molar-refractivity contribution in [2.45, 2.75) is 13.1 Å². The molecule has 0 aliphatic heterocycles. The van der Waals surface area contributed by atoms with E-state index in [0.717, 1.165) is 18.0 Å². The van der Waals surface area contributed by atoms with Crippen molar-refractivity contribution < 1.29 is 13.2 Å². The van der Waals surface area contributed by atoms with Gasteiger partial charge in [-0.2, -0.15) is 13.2 Å². The Morgan fingerprint density at radius 1 is 0.941 bits per heavy atom. The van der Waals surface area contributed by atoms with Gasteiger partial charge in [0.25, 0.3) is 0 Å². The quantitative estimate of drug-likeness (QED) is 0.768. The summed E-state index contributed by atoms with van der Waals surface area (Å²) in [5.41, 5.74) is 1.98. The third kappa shape index (κ3) is 2.58. The molecule has 0 N–H and O–H groups in total. The van der Waals surface area contributed by atoms with Crippen LogP contribution in [0, 0.1) is 6.92 Å². The average Bonchev–Trinajstić information content (AvgIpc) is 2.29. The fraction of sp³-hybridized carbons (Fsp3) is 0.182. The molecular formula is C11H8F3N3. The molecule has 2 aromatic rings. The Morgan fingerprint density at radius 2 is 1.59 bits per heavy atom. The molecule has 0 amide bonds. The highest BCUT2D eigenvalue weighted by atomic mass is 19.4. The van der Waals surface area contributed by atoms with E-state index in [9.17, 15) is 13.2 Å². The fourth-order valence-corrected chi connectivity index (χ4v) is 1.25. The van der Waals surface area contributed by atoms with Gasteiger partial charge in [-0.1, -0.05) is 6.07 Å². The number of aromatic nitrogens is 3. The second-order valence-corrected chi connectivity index (χ2v) is 3.51. The zero-order valence-electron chi connectivity index (χ0n) is 8.86. The van der Waals surface area contributed by atoms with Crippen LogP contribution in [0.4, 0.5) is 13.2 Å². The molecule has 2 aromatic heterocycles. The van der Waals surface area contributed by atoms with Crippen molar-refractivity contribution in [2.24, 2.45) is 0 Å². The van der Waals surface area contributed by atoms with Gasteiger partial charge in [-0.3, -0.25) is 4.98 Å². The summed E-state index contributed by atoms with van der Waals surface area (Å²) in [5, 5.41) is 0. The van der Waals surface area contributed by atoms with E-state index in [0.29, 0.717) is 11.3 Å². The topological polar surface area (TPSA) is 38.7 Å². The van der Waals surface area contributed by atoms with E-state index in [2.05, 4.69) is 15.0 Å². The van der Waals surface area contributed by atoms with Gasteiger partial charge in [-0.25, -0.2) is 9.97 Å². The van der Waals surface area contributed by atoms with E-state index in [1.165, 1.54) is 0 Å². The molecule has 6 heteroatoms. The molecule has 0 atom stereocenters. The molecule has 2 heterocycles. The second kappa shape index (κ2) is 4.12. The summed E-state index contributed by atoms with van der Waals surface area (Å²) in [6.07, 6.45) is -0.646. The lowest BCUT2D eigenvalue weighted by molar-refractivity contribution is -0.144. The van der Waals surface area contributed by atoms with Crippen LogP contribution < -0.4 is 0 Å². The summed E-state index contributed by atoms with van der Waals surface area (Å²) in [4.78, 5) is 10.6. The molecule has 2 rings (SSSR count). The van der Waals surface area contributed by atoms with Gasteiger partial charge in [0.2, 0.25) is 5.82 Å². The zero-order valence-corrected chi connectivity index (χ0v) is 8.86. The Hall–Kier alpha value is -1.98. The van der Waals surface area contributed by atoms with E-state index < -0.39 is 12.0 Å². The number of halogens is 3. The molecule has 0 fully saturated rings. The maximum atomic E-state index is 12.2. The highest BCUT2D eigenvalue weighted by Gasteiger charge is 2.34. The first kappa shape index (κ1) is 11.5. The van der Waals surface area contributed by atoms with Crippen LogP contribution >= 0.6 is 0 Å². The van der Waals surface area contributed by atoms with Gasteiger partial charge in [0.1, 0.15) is 0 Å². The molecule has 0 saturated heterocycles. The van der Waals surface area contributed by atoms with Crippen LogP contribution in [-0.2, 0) is 6.18 Å². The highest BCUT2D eigenvalue weighted by Crippen LogP contribution is 2.26. The minimum atomic E-state index is -4.51. The first-order chi connectivity index (χ1) is 7.97. The third-order valence-corrected chi connectivity index (χ3v) is 2.11. The Labute approximate surface area is 95.4 Å². The molecule has 0 spiro atoms. The third-order valence-electron chi connectivity index (χ3n) is 2.11. The van der Waals surface area contributed by atoms with Crippen molar-refractivity contribution in [2.75, 3.05) is 0 Å². The summed E-state index contributed by atoms with van der Waals surface area (Å²) < 4.78 is 36.7. The van der Waals surface area contributed by atoms with Crippen LogP contribution in [-0.4, -0.2) is 15.0 Å². The second-order valence-electron chi connectivity index (χ2n) is 3.51. The average molecular weight is 239 g/mol. The molecule has 88 valence electrons. The molecule has 0 aliphatic carbocycles. The van der Waals surface area contributed by atoms with Gasteiger partial charge in [-0.15, -0.1) is 0 Å². The summed E-state index contributed by atoms with van der Waals surface area (Å²) in [7, 11) is 0. The van der Waals surface area contributed by atoms with Crippen LogP contribution in [0.2, 0.25) is 0 Å². The van der Waals surface area contributed by atoms with Gasteiger partial charge in [-0.05, 0) is 18.6 Å². The van der Waals surface area contributed by atoms with E-state index >= 15 is 0 Å². The zero-order chi connectivity index (χ0) is 12.5. The van der Waals surface area contributed by atoms with Crippen LogP contribution in [0.25, 0.3) is 11.3 Å². The van der Waals surface area contributed by atoms with E-state index in [4.69, 9.17) is 0 Å². The number of aryl methyl sites for hydroxylation is 1. The SMILES string of the molecule is Cc1ccc(-c2cnc(C(F)(F)F)nc2)nc1. The van der Waals surface area contributed by atoms with Gasteiger partial charge in [0.05, 0.1) is 5.69 Å². The number of alkyl halides is 3. The van der Waals surface area contributed by atoms with Gasteiger partial charge in [0.15, 0.2) is 0 Å². The van der Waals surface area contributed by atoms with Crippen LogP contribution in [0.3, 0.4) is 0 Å². The van der Waals surface area contributed by atoms with Crippen molar-refractivity contribution in [3.63, 3.8) is 0 Å². The van der Waals surface area contributed by atoms with Crippen LogP contribution in [0.15, 0.2) is 30.7 Å².